The van der Waals surface area contributed by atoms with E-state index in [0.717, 1.165) is 11.3 Å². The van der Waals surface area contributed by atoms with Crippen molar-refractivity contribution in [1.29, 1.82) is 0 Å². The van der Waals surface area contributed by atoms with E-state index >= 15 is 0 Å². The number of anilines is 1. The lowest BCUT2D eigenvalue weighted by atomic mass is 10.2. The Morgan fingerprint density at radius 2 is 2.36 bits per heavy atom. The van der Waals surface area contributed by atoms with E-state index in [1.54, 1.807) is 0 Å². The second-order valence-electron chi connectivity index (χ2n) is 2.79. The van der Waals surface area contributed by atoms with Crippen molar-refractivity contribution in [3.8, 4) is 5.19 Å². The second-order valence-corrected chi connectivity index (χ2v) is 3.76. The van der Waals surface area contributed by atoms with Gasteiger partial charge in [0.15, 0.2) is 6.10 Å². The van der Waals surface area contributed by atoms with Crippen LogP contribution in [0.1, 0.15) is 0 Å². The van der Waals surface area contributed by atoms with Crippen LogP contribution in [0.2, 0.25) is 0 Å². The summed E-state index contributed by atoms with van der Waals surface area (Å²) in [5.74, 6) is -2.97. The smallest absolute Gasteiger partial charge is 0.309 e. The molecule has 2 N–H and O–H groups in total. The molecular weight excluding hydrogens is 216 g/mol. The molecule has 1 atom stereocenters. The number of nitrogen functional groups attached to an aromatic ring is 1. The maximum Gasteiger partial charge on any atom is 0.309 e. The predicted octanol–water partition coefficient (Wildman–Crippen LogP) is 0.533. The molecule has 8 heteroatoms. The van der Waals surface area contributed by atoms with E-state index in [-0.39, 0.29) is 16.9 Å². The first kappa shape index (κ1) is 9.53. The Kier molecular flexibility index (Phi) is 2.23. The Balaban J connectivity index is 2.04. The normalized spacial score (nSPS) is 25.1. The van der Waals surface area contributed by atoms with Gasteiger partial charge in [-0.05, 0) is 11.3 Å². The maximum absolute atomic E-state index is 13.0. The minimum atomic E-state index is -2.97. The summed E-state index contributed by atoms with van der Waals surface area (Å²) in [6, 6.07) is 0. The zero-order valence-electron chi connectivity index (χ0n) is 6.94. The van der Waals surface area contributed by atoms with Crippen molar-refractivity contribution < 1.29 is 18.3 Å². The number of nitrogens with two attached hydrogens (primary N) is 1. The van der Waals surface area contributed by atoms with Gasteiger partial charge in [-0.25, -0.2) is 0 Å². The highest BCUT2D eigenvalue weighted by Gasteiger charge is 2.47. The van der Waals surface area contributed by atoms with Crippen LogP contribution >= 0.6 is 11.3 Å². The number of alkyl halides is 2. The fourth-order valence-electron chi connectivity index (χ4n) is 1.03. The summed E-state index contributed by atoms with van der Waals surface area (Å²) in [6.07, 6.45) is -1.30. The van der Waals surface area contributed by atoms with Crippen molar-refractivity contribution in [2.45, 2.75) is 12.0 Å². The van der Waals surface area contributed by atoms with Crippen molar-refractivity contribution in [3.63, 3.8) is 0 Å². The third-order valence-electron chi connectivity index (χ3n) is 1.70. The largest absolute Gasteiger partial charge is 0.457 e. The predicted molar refractivity (Wildman–Crippen MR) is 44.5 cm³/mol. The minimum absolute atomic E-state index is 0.0395. The zero-order valence-corrected chi connectivity index (χ0v) is 7.76. The van der Waals surface area contributed by atoms with Crippen molar-refractivity contribution in [1.82, 2.24) is 10.2 Å². The SMILES string of the molecule is Nc1nnc(OC2COCC2(F)F)s1. The summed E-state index contributed by atoms with van der Waals surface area (Å²) >= 11 is 0.920. The van der Waals surface area contributed by atoms with Gasteiger partial charge in [0.05, 0.1) is 6.61 Å². The highest BCUT2D eigenvalue weighted by molar-refractivity contribution is 7.16. The Morgan fingerprint density at radius 3 is 2.86 bits per heavy atom. The summed E-state index contributed by atoms with van der Waals surface area (Å²) in [5.41, 5.74) is 5.27. The van der Waals surface area contributed by atoms with Gasteiger partial charge in [0.25, 0.3) is 5.19 Å². The fraction of sp³-hybridized carbons (Fsp3) is 0.667. The lowest BCUT2D eigenvalue weighted by molar-refractivity contribution is -0.0660. The molecule has 5 nitrogen and oxygen atoms in total. The number of hydrogen-bond donors (Lipinski definition) is 1. The Bertz CT molecular complexity index is 333. The average molecular weight is 223 g/mol. The van der Waals surface area contributed by atoms with Crippen molar-refractivity contribution in [2.24, 2.45) is 0 Å². The van der Waals surface area contributed by atoms with Gasteiger partial charge in [0.1, 0.15) is 6.61 Å². The van der Waals surface area contributed by atoms with E-state index in [1.807, 2.05) is 0 Å². The molecule has 1 aromatic heterocycles. The van der Waals surface area contributed by atoms with Crippen LogP contribution < -0.4 is 10.5 Å². The molecule has 1 fully saturated rings. The highest BCUT2D eigenvalue weighted by atomic mass is 32.1. The minimum Gasteiger partial charge on any atom is -0.457 e. The molecule has 0 bridgehead atoms. The molecule has 1 aromatic rings. The molecule has 78 valence electrons. The maximum atomic E-state index is 13.0. The van der Waals surface area contributed by atoms with Gasteiger partial charge in [0.2, 0.25) is 5.13 Å². The summed E-state index contributed by atoms with van der Waals surface area (Å²) in [5, 5.41) is 7.14. The van der Waals surface area contributed by atoms with Crippen LogP contribution in [-0.2, 0) is 4.74 Å². The van der Waals surface area contributed by atoms with Crippen LogP contribution in [0.3, 0.4) is 0 Å². The molecule has 0 aromatic carbocycles. The zero-order chi connectivity index (χ0) is 10.2. The number of aromatic nitrogens is 2. The van der Waals surface area contributed by atoms with Gasteiger partial charge in [-0.3, -0.25) is 0 Å². The van der Waals surface area contributed by atoms with Gasteiger partial charge in [-0.15, -0.1) is 5.10 Å². The van der Waals surface area contributed by atoms with E-state index < -0.39 is 18.6 Å². The van der Waals surface area contributed by atoms with Gasteiger partial charge in [-0.1, -0.05) is 5.10 Å². The lowest BCUT2D eigenvalue weighted by Gasteiger charge is -2.15. The number of nitrogens with zero attached hydrogens (tertiary/aromatic N) is 2. The van der Waals surface area contributed by atoms with Gasteiger partial charge in [0, 0.05) is 0 Å². The van der Waals surface area contributed by atoms with Gasteiger partial charge >= 0.3 is 5.92 Å². The highest BCUT2D eigenvalue weighted by Crippen LogP contribution is 2.30. The van der Waals surface area contributed by atoms with Crippen LogP contribution in [0.5, 0.6) is 5.19 Å². The van der Waals surface area contributed by atoms with E-state index in [0.29, 0.717) is 0 Å². The third-order valence-corrected chi connectivity index (χ3v) is 2.34. The van der Waals surface area contributed by atoms with Crippen LogP contribution in [0.25, 0.3) is 0 Å². The second kappa shape index (κ2) is 3.28. The first-order valence-electron chi connectivity index (χ1n) is 3.79. The van der Waals surface area contributed by atoms with Crippen LogP contribution in [0.15, 0.2) is 0 Å². The molecule has 1 unspecified atom stereocenters. The number of ether oxygens (including phenoxy) is 2. The van der Waals surface area contributed by atoms with Crippen molar-refractivity contribution in [3.05, 3.63) is 0 Å². The molecule has 1 aliphatic rings. The molecule has 1 saturated heterocycles. The third kappa shape index (κ3) is 1.75. The molecule has 0 saturated carbocycles. The molecule has 0 radical (unpaired) electrons. The van der Waals surface area contributed by atoms with E-state index in [1.165, 1.54) is 0 Å². The standard InChI is InChI=1S/C6H7F2N3O2S/c7-6(8)2-12-1-3(6)13-5-11-10-4(9)14-5/h3H,1-2H2,(H2,9,10). The van der Waals surface area contributed by atoms with Crippen molar-refractivity contribution >= 4 is 16.5 Å². The number of halogens is 2. The molecule has 0 spiro atoms. The lowest BCUT2D eigenvalue weighted by Crippen LogP contribution is -2.36. The molecule has 1 aliphatic heterocycles. The molecule has 0 aliphatic carbocycles. The Morgan fingerprint density at radius 1 is 1.57 bits per heavy atom. The van der Waals surface area contributed by atoms with Crippen LogP contribution in [0.4, 0.5) is 13.9 Å². The van der Waals surface area contributed by atoms with E-state index in [2.05, 4.69) is 14.9 Å². The Hall–Kier alpha value is -1.02. The number of rotatable bonds is 2. The molecule has 2 heterocycles. The topological polar surface area (TPSA) is 70.3 Å². The molecule has 14 heavy (non-hydrogen) atoms. The molecule has 2 rings (SSSR count). The van der Waals surface area contributed by atoms with E-state index in [4.69, 9.17) is 10.5 Å². The number of hydrogen-bond acceptors (Lipinski definition) is 6. The van der Waals surface area contributed by atoms with Crippen LogP contribution in [-0.4, -0.2) is 35.4 Å². The first-order chi connectivity index (χ1) is 6.58. The van der Waals surface area contributed by atoms with Crippen molar-refractivity contribution in [2.75, 3.05) is 18.9 Å². The fourth-order valence-corrected chi connectivity index (χ4v) is 1.53. The van der Waals surface area contributed by atoms with Crippen LogP contribution in [0, 0.1) is 0 Å². The average Bonchev–Trinajstić information content (AvgIpc) is 2.61. The molecular formula is C6H7F2N3O2S. The summed E-state index contributed by atoms with van der Waals surface area (Å²) in [7, 11) is 0. The van der Waals surface area contributed by atoms with Gasteiger partial charge < -0.3 is 15.2 Å². The monoisotopic (exact) mass is 223 g/mol. The van der Waals surface area contributed by atoms with Gasteiger partial charge in [-0.2, -0.15) is 8.78 Å². The van der Waals surface area contributed by atoms with E-state index in [9.17, 15) is 8.78 Å². The quantitative estimate of drug-likeness (QED) is 0.792. The first-order valence-corrected chi connectivity index (χ1v) is 4.61. The summed E-state index contributed by atoms with van der Waals surface area (Å²) in [6.45, 7) is -0.765. The Labute approximate surface area is 81.8 Å². The summed E-state index contributed by atoms with van der Waals surface area (Å²) < 4.78 is 35.5. The molecule has 0 amide bonds. The summed E-state index contributed by atoms with van der Waals surface area (Å²) in [4.78, 5) is 0.